The summed E-state index contributed by atoms with van der Waals surface area (Å²) in [5.74, 6) is 0. The number of nitrogens with one attached hydrogen (secondary N) is 1. The van der Waals surface area contributed by atoms with E-state index in [1.54, 1.807) is 0 Å². The molecule has 0 aliphatic carbocycles. The quantitative estimate of drug-likeness (QED) is 0.585. The summed E-state index contributed by atoms with van der Waals surface area (Å²) >= 11 is 0.612. The maximum absolute atomic E-state index is 7.70. The first-order valence-electron chi connectivity index (χ1n) is 6.41. The van der Waals surface area contributed by atoms with Crippen molar-refractivity contribution in [3.63, 3.8) is 0 Å². The van der Waals surface area contributed by atoms with Gasteiger partial charge in [-0.3, -0.25) is 0 Å². The summed E-state index contributed by atoms with van der Waals surface area (Å²) < 4.78 is 60.8. The highest BCUT2D eigenvalue weighted by Gasteiger charge is 2.07. The minimum Gasteiger partial charge on any atom is -0.312 e. The molecule has 0 radical (unpaired) electrons. The van der Waals surface area contributed by atoms with Crippen molar-refractivity contribution in [1.29, 1.82) is 0 Å². The first-order chi connectivity index (χ1) is 7.51. The highest BCUT2D eigenvalue weighted by molar-refractivity contribution is 7.10. The van der Waals surface area contributed by atoms with Gasteiger partial charge < -0.3 is 5.32 Å². The van der Waals surface area contributed by atoms with Crippen molar-refractivity contribution in [3.8, 4) is 0 Å². The van der Waals surface area contributed by atoms with Gasteiger partial charge in [0.2, 0.25) is 0 Å². The van der Waals surface area contributed by atoms with Crippen LogP contribution < -0.4 is 5.32 Å². The second-order valence-corrected chi connectivity index (χ2v) is 2.35. The SMILES string of the molecule is [2H]c1sc2c(c1[2H])C([2H])([2H])NC([2H])([2H])C2([2H])[2H]. The van der Waals surface area contributed by atoms with Gasteiger partial charge in [-0.1, -0.05) is 0 Å². The monoisotopic (exact) mass is 147 g/mol. The third-order valence-corrected chi connectivity index (χ3v) is 1.70. The van der Waals surface area contributed by atoms with E-state index in [0.29, 0.717) is 11.3 Å². The van der Waals surface area contributed by atoms with Crippen LogP contribution in [0.5, 0.6) is 0 Å². The number of hydrogen-bond donors (Lipinski definition) is 1. The van der Waals surface area contributed by atoms with Crippen molar-refractivity contribution in [3.05, 3.63) is 21.8 Å². The number of aryl methyl sites for hydroxylation is 1. The smallest absolute Gasteiger partial charge is 0.0740 e. The molecule has 2 rings (SSSR count). The third-order valence-electron chi connectivity index (χ3n) is 0.982. The van der Waals surface area contributed by atoms with Crippen LogP contribution in [0.4, 0.5) is 0 Å². The Morgan fingerprint density at radius 1 is 1.89 bits per heavy atom. The molecule has 1 aliphatic rings. The van der Waals surface area contributed by atoms with E-state index < -0.39 is 19.4 Å². The van der Waals surface area contributed by atoms with Crippen molar-refractivity contribution < 1.29 is 11.0 Å². The fourth-order valence-corrected chi connectivity index (χ4v) is 1.15. The zero-order valence-electron chi connectivity index (χ0n) is 12.4. The van der Waals surface area contributed by atoms with Gasteiger partial charge in [-0.2, -0.15) is 0 Å². The molecule has 0 atom stereocenters. The van der Waals surface area contributed by atoms with E-state index in [-0.39, 0.29) is 21.8 Å². The summed E-state index contributed by atoms with van der Waals surface area (Å²) in [6.45, 7) is -4.94. The molecule has 1 nitrogen and oxygen atoms in total. The Morgan fingerprint density at radius 2 is 2.89 bits per heavy atom. The molecule has 1 aliphatic heterocycles. The zero-order valence-corrected chi connectivity index (χ0v) is 5.22. The van der Waals surface area contributed by atoms with Crippen LogP contribution in [0.25, 0.3) is 0 Å². The molecule has 0 saturated carbocycles. The Bertz CT molecular complexity index is 478. The molecule has 0 aromatic carbocycles. The summed E-state index contributed by atoms with van der Waals surface area (Å²) in [6, 6.07) is -0.387. The number of fused-ring (bicyclic) bond motifs is 1. The van der Waals surface area contributed by atoms with E-state index in [2.05, 4.69) is 0 Å². The third kappa shape index (κ3) is 0.884. The molecule has 0 unspecified atom stereocenters. The van der Waals surface area contributed by atoms with Gasteiger partial charge in [-0.15, -0.1) is 11.3 Å². The summed E-state index contributed by atoms with van der Waals surface area (Å²) in [5.41, 5.74) is -0.271. The Kier molecular flexibility index (Phi) is 0.384. The Morgan fingerprint density at radius 3 is 3.89 bits per heavy atom. The van der Waals surface area contributed by atoms with Gasteiger partial charge in [-0.25, -0.2) is 0 Å². The Hall–Kier alpha value is -0.340. The molecule has 2 heterocycles. The van der Waals surface area contributed by atoms with Crippen molar-refractivity contribution in [2.45, 2.75) is 12.9 Å². The lowest BCUT2D eigenvalue weighted by Crippen LogP contribution is -2.21. The second-order valence-electron chi connectivity index (χ2n) is 1.53. The molecule has 0 saturated heterocycles. The topological polar surface area (TPSA) is 12.0 Å². The highest BCUT2D eigenvalue weighted by atomic mass is 32.1. The predicted molar refractivity (Wildman–Crippen MR) is 39.7 cm³/mol. The summed E-state index contributed by atoms with van der Waals surface area (Å²) in [7, 11) is 0. The molecular formula is C7H9NS. The lowest BCUT2D eigenvalue weighted by atomic mass is 10.1. The van der Waals surface area contributed by atoms with Gasteiger partial charge in [0.1, 0.15) is 0 Å². The number of thiophene rings is 1. The van der Waals surface area contributed by atoms with E-state index in [1.165, 1.54) is 0 Å². The van der Waals surface area contributed by atoms with Gasteiger partial charge in [0.15, 0.2) is 0 Å². The van der Waals surface area contributed by atoms with Gasteiger partial charge in [0.25, 0.3) is 0 Å². The van der Waals surface area contributed by atoms with Crippen LogP contribution in [0, 0.1) is 0 Å². The van der Waals surface area contributed by atoms with Gasteiger partial charge >= 0.3 is 0 Å². The van der Waals surface area contributed by atoms with Gasteiger partial charge in [0, 0.05) is 26.1 Å². The number of hydrogen-bond acceptors (Lipinski definition) is 2. The van der Waals surface area contributed by atoms with Crippen molar-refractivity contribution in [2.24, 2.45) is 0 Å². The van der Waals surface area contributed by atoms with E-state index in [1.807, 2.05) is 5.32 Å². The highest BCUT2D eigenvalue weighted by Crippen LogP contribution is 2.19. The normalized spacial score (nSPS) is 47.1. The van der Waals surface area contributed by atoms with Crippen molar-refractivity contribution in [1.82, 2.24) is 5.32 Å². The Balaban J connectivity index is 2.78. The van der Waals surface area contributed by atoms with Crippen LogP contribution in [-0.4, -0.2) is 6.50 Å². The van der Waals surface area contributed by atoms with E-state index >= 15 is 0 Å². The molecule has 2 heteroatoms. The fraction of sp³-hybridized carbons (Fsp3) is 0.429. The van der Waals surface area contributed by atoms with Crippen LogP contribution in [0.1, 0.15) is 21.4 Å². The van der Waals surface area contributed by atoms with Crippen LogP contribution in [-0.2, 0) is 12.9 Å². The zero-order chi connectivity index (χ0) is 13.2. The molecule has 1 N–H and O–H groups in total. The van der Waals surface area contributed by atoms with Gasteiger partial charge in [0.05, 0.1) is 2.74 Å². The summed E-state index contributed by atoms with van der Waals surface area (Å²) in [6.07, 6.45) is -2.46. The molecule has 0 fully saturated rings. The second kappa shape index (κ2) is 2.12. The first kappa shape index (κ1) is 1.63. The lowest BCUT2D eigenvalue weighted by molar-refractivity contribution is 0.653. The number of rotatable bonds is 0. The lowest BCUT2D eigenvalue weighted by Gasteiger charge is -2.10. The van der Waals surface area contributed by atoms with E-state index in [0.717, 1.165) is 0 Å². The Labute approximate surface area is 70.0 Å². The van der Waals surface area contributed by atoms with E-state index in [4.69, 9.17) is 11.0 Å². The van der Waals surface area contributed by atoms with Gasteiger partial charge in [-0.05, 0) is 23.3 Å². The minimum absolute atomic E-state index is 0.221. The molecule has 1 aromatic heterocycles. The predicted octanol–water partition coefficient (Wildman–Crippen LogP) is 1.39. The first-order valence-corrected chi connectivity index (χ1v) is 3.22. The summed E-state index contributed by atoms with van der Waals surface area (Å²) in [4.78, 5) is -0.221. The molecule has 0 bridgehead atoms. The largest absolute Gasteiger partial charge is 0.312 e. The summed E-state index contributed by atoms with van der Waals surface area (Å²) in [5, 5.41) is 1.67. The average Bonchev–Trinajstić information content (AvgIpc) is 2.40. The molecular weight excluding hydrogens is 130 g/mol. The average molecular weight is 147 g/mol. The standard InChI is InChI=1S/C7H9NS/c1-3-8-5-6-2-4-9-7(1)6/h2,4,8H,1,3,5H2/i1D2,2D,3D2,4D,5D2. The van der Waals surface area contributed by atoms with E-state index in [9.17, 15) is 0 Å². The maximum Gasteiger partial charge on any atom is 0.0740 e. The van der Waals surface area contributed by atoms with Crippen molar-refractivity contribution in [2.75, 3.05) is 6.50 Å². The molecule has 1 aromatic rings. The minimum atomic E-state index is -2.59. The van der Waals surface area contributed by atoms with Crippen LogP contribution in [0.2, 0.25) is 0 Å². The maximum atomic E-state index is 7.70. The van der Waals surface area contributed by atoms with Crippen LogP contribution in [0.3, 0.4) is 0 Å². The van der Waals surface area contributed by atoms with Crippen LogP contribution in [0.15, 0.2) is 11.4 Å². The molecule has 0 amide bonds. The van der Waals surface area contributed by atoms with Crippen LogP contribution >= 0.6 is 11.3 Å². The molecule has 48 valence electrons. The van der Waals surface area contributed by atoms with Crippen molar-refractivity contribution >= 4 is 11.3 Å². The fourth-order valence-electron chi connectivity index (χ4n) is 0.593. The molecule has 0 spiro atoms. The molecule has 9 heavy (non-hydrogen) atoms.